The minimum atomic E-state index is -0.117. The zero-order valence-electron chi connectivity index (χ0n) is 15.2. The molecule has 1 aromatic carbocycles. The summed E-state index contributed by atoms with van der Waals surface area (Å²) < 4.78 is 16.3. The lowest BCUT2D eigenvalue weighted by Gasteiger charge is -2.26. The van der Waals surface area contributed by atoms with Gasteiger partial charge in [0.05, 0.1) is 20.3 Å². The quantitative estimate of drug-likeness (QED) is 0.763. The molecule has 0 spiro atoms. The molecule has 2 heterocycles. The van der Waals surface area contributed by atoms with E-state index in [1.54, 1.807) is 30.3 Å². The molecule has 1 unspecified atom stereocenters. The number of carbonyl (C=O) groups excluding carboxylic acids is 1. The van der Waals surface area contributed by atoms with Crippen LogP contribution in [0.2, 0.25) is 0 Å². The lowest BCUT2D eigenvalue weighted by Crippen LogP contribution is -2.37. The summed E-state index contributed by atoms with van der Waals surface area (Å²) in [7, 11) is 3.15. The second-order valence-corrected chi connectivity index (χ2v) is 6.23. The van der Waals surface area contributed by atoms with Gasteiger partial charge in [-0.3, -0.25) is 4.79 Å². The van der Waals surface area contributed by atoms with Crippen molar-refractivity contribution >= 4 is 5.91 Å². The van der Waals surface area contributed by atoms with Gasteiger partial charge in [-0.2, -0.15) is 0 Å². The number of amides is 1. The van der Waals surface area contributed by atoms with Crippen LogP contribution in [0.5, 0.6) is 11.6 Å². The number of hydrogen-bond acceptors (Lipinski definition) is 5. The molecular formula is C20H24N2O4. The maximum Gasteiger partial charge on any atom is 0.259 e. The van der Waals surface area contributed by atoms with E-state index in [2.05, 4.69) is 4.98 Å². The number of ether oxygens (including phenoxy) is 3. The van der Waals surface area contributed by atoms with Crippen molar-refractivity contribution in [1.29, 1.82) is 0 Å². The summed E-state index contributed by atoms with van der Waals surface area (Å²) in [4.78, 5) is 19.1. The SMILES string of the molecule is COc1cccc(CN(CC2CCCO2)C(=O)c2cccnc2OC)c1. The number of methoxy groups -OCH3 is 2. The van der Waals surface area contributed by atoms with Crippen molar-refractivity contribution in [2.24, 2.45) is 0 Å². The highest BCUT2D eigenvalue weighted by Crippen LogP contribution is 2.22. The molecule has 0 bridgehead atoms. The Morgan fingerprint density at radius 3 is 2.88 bits per heavy atom. The topological polar surface area (TPSA) is 60.9 Å². The molecule has 0 aliphatic carbocycles. The number of hydrogen-bond donors (Lipinski definition) is 0. The Balaban J connectivity index is 1.85. The van der Waals surface area contributed by atoms with E-state index in [1.807, 2.05) is 24.3 Å². The van der Waals surface area contributed by atoms with Gasteiger partial charge in [-0.25, -0.2) is 4.98 Å². The Bertz CT molecular complexity index is 744. The van der Waals surface area contributed by atoms with E-state index in [0.29, 0.717) is 24.5 Å². The smallest absolute Gasteiger partial charge is 0.259 e. The third-order valence-corrected chi connectivity index (χ3v) is 4.44. The number of aromatic nitrogens is 1. The Labute approximate surface area is 153 Å². The Kier molecular flexibility index (Phi) is 6.07. The summed E-state index contributed by atoms with van der Waals surface area (Å²) in [6.07, 6.45) is 3.67. The van der Waals surface area contributed by atoms with Crippen LogP contribution in [0.1, 0.15) is 28.8 Å². The minimum Gasteiger partial charge on any atom is -0.497 e. The third-order valence-electron chi connectivity index (χ3n) is 4.44. The first-order valence-electron chi connectivity index (χ1n) is 8.74. The van der Waals surface area contributed by atoms with Crippen LogP contribution in [0.15, 0.2) is 42.6 Å². The van der Waals surface area contributed by atoms with Gasteiger partial charge in [-0.1, -0.05) is 12.1 Å². The lowest BCUT2D eigenvalue weighted by molar-refractivity contribution is 0.0504. The molecule has 26 heavy (non-hydrogen) atoms. The highest BCUT2D eigenvalue weighted by Gasteiger charge is 2.25. The Hall–Kier alpha value is -2.60. The average Bonchev–Trinajstić information content (AvgIpc) is 3.20. The van der Waals surface area contributed by atoms with E-state index in [9.17, 15) is 4.79 Å². The van der Waals surface area contributed by atoms with Crippen molar-refractivity contribution in [2.75, 3.05) is 27.4 Å². The number of nitrogens with zero attached hydrogens (tertiary/aromatic N) is 2. The summed E-state index contributed by atoms with van der Waals surface area (Å²) in [6.45, 7) is 1.75. The average molecular weight is 356 g/mol. The highest BCUT2D eigenvalue weighted by atomic mass is 16.5. The summed E-state index contributed by atoms with van der Waals surface area (Å²) in [6, 6.07) is 11.2. The second kappa shape index (κ2) is 8.67. The molecule has 1 amide bonds. The predicted octanol–water partition coefficient (Wildman–Crippen LogP) is 2.92. The van der Waals surface area contributed by atoms with Crippen molar-refractivity contribution in [3.63, 3.8) is 0 Å². The van der Waals surface area contributed by atoms with Crippen LogP contribution < -0.4 is 9.47 Å². The third kappa shape index (κ3) is 4.32. The van der Waals surface area contributed by atoms with E-state index in [4.69, 9.17) is 14.2 Å². The number of rotatable bonds is 7. The van der Waals surface area contributed by atoms with Crippen molar-refractivity contribution in [2.45, 2.75) is 25.5 Å². The van der Waals surface area contributed by atoms with E-state index in [-0.39, 0.29) is 12.0 Å². The molecule has 0 N–H and O–H groups in total. The van der Waals surface area contributed by atoms with Gasteiger partial charge in [0, 0.05) is 25.9 Å². The van der Waals surface area contributed by atoms with Gasteiger partial charge in [0.25, 0.3) is 5.91 Å². The number of pyridine rings is 1. The summed E-state index contributed by atoms with van der Waals surface area (Å²) in [5.41, 5.74) is 1.45. The van der Waals surface area contributed by atoms with Crippen LogP contribution in [0.4, 0.5) is 0 Å². The molecule has 0 radical (unpaired) electrons. The zero-order valence-corrected chi connectivity index (χ0v) is 15.2. The van der Waals surface area contributed by atoms with Gasteiger partial charge < -0.3 is 19.1 Å². The summed E-state index contributed by atoms with van der Waals surface area (Å²) >= 11 is 0. The molecule has 6 nitrogen and oxygen atoms in total. The molecule has 138 valence electrons. The van der Waals surface area contributed by atoms with Crippen LogP contribution in [-0.2, 0) is 11.3 Å². The van der Waals surface area contributed by atoms with Crippen molar-refractivity contribution in [1.82, 2.24) is 9.88 Å². The fourth-order valence-electron chi connectivity index (χ4n) is 3.13. The van der Waals surface area contributed by atoms with Crippen LogP contribution in [0, 0.1) is 0 Å². The van der Waals surface area contributed by atoms with Gasteiger partial charge in [-0.05, 0) is 42.7 Å². The second-order valence-electron chi connectivity index (χ2n) is 6.23. The van der Waals surface area contributed by atoms with Gasteiger partial charge in [0.2, 0.25) is 5.88 Å². The predicted molar refractivity (Wildman–Crippen MR) is 97.5 cm³/mol. The van der Waals surface area contributed by atoms with E-state index in [1.165, 1.54) is 7.11 Å². The number of carbonyl (C=O) groups is 1. The molecule has 3 rings (SSSR count). The molecule has 1 saturated heterocycles. The fourth-order valence-corrected chi connectivity index (χ4v) is 3.13. The molecule has 0 saturated carbocycles. The first kappa shape index (κ1) is 18.2. The molecule has 1 fully saturated rings. The lowest BCUT2D eigenvalue weighted by atomic mass is 10.1. The van der Waals surface area contributed by atoms with Gasteiger partial charge in [0.15, 0.2) is 0 Å². The molecule has 2 aromatic rings. The van der Waals surface area contributed by atoms with Crippen LogP contribution in [0.25, 0.3) is 0 Å². The van der Waals surface area contributed by atoms with Gasteiger partial charge in [0.1, 0.15) is 11.3 Å². The summed E-state index contributed by atoms with van der Waals surface area (Å²) in [5.74, 6) is 0.986. The van der Waals surface area contributed by atoms with Crippen molar-refractivity contribution < 1.29 is 19.0 Å². The molecule has 1 aromatic heterocycles. The van der Waals surface area contributed by atoms with Crippen molar-refractivity contribution in [3.8, 4) is 11.6 Å². The molecule has 1 atom stereocenters. The van der Waals surface area contributed by atoms with E-state index in [0.717, 1.165) is 30.8 Å². The van der Waals surface area contributed by atoms with Crippen LogP contribution >= 0.6 is 0 Å². The normalized spacial score (nSPS) is 16.3. The van der Waals surface area contributed by atoms with Gasteiger partial charge in [-0.15, -0.1) is 0 Å². The largest absolute Gasteiger partial charge is 0.497 e. The molecular weight excluding hydrogens is 332 g/mol. The maximum absolute atomic E-state index is 13.2. The zero-order chi connectivity index (χ0) is 18.4. The monoisotopic (exact) mass is 356 g/mol. The van der Waals surface area contributed by atoms with Gasteiger partial charge >= 0.3 is 0 Å². The minimum absolute atomic E-state index is 0.0622. The molecule has 6 heteroatoms. The first-order chi connectivity index (χ1) is 12.7. The van der Waals surface area contributed by atoms with Crippen LogP contribution in [0.3, 0.4) is 0 Å². The number of benzene rings is 1. The van der Waals surface area contributed by atoms with E-state index < -0.39 is 0 Å². The standard InChI is InChI=1S/C20H24N2O4/c1-24-16-7-3-6-15(12-16)13-22(14-17-8-5-11-26-17)20(23)18-9-4-10-21-19(18)25-2/h3-4,6-7,9-10,12,17H,5,8,11,13-14H2,1-2H3. The van der Waals surface area contributed by atoms with Crippen LogP contribution in [-0.4, -0.2) is 49.3 Å². The Morgan fingerprint density at radius 1 is 1.27 bits per heavy atom. The Morgan fingerprint density at radius 2 is 2.15 bits per heavy atom. The molecule has 1 aliphatic heterocycles. The molecule has 1 aliphatic rings. The maximum atomic E-state index is 13.2. The highest BCUT2D eigenvalue weighted by molar-refractivity contribution is 5.96. The summed E-state index contributed by atoms with van der Waals surface area (Å²) in [5, 5.41) is 0. The van der Waals surface area contributed by atoms with E-state index >= 15 is 0 Å². The first-order valence-corrected chi connectivity index (χ1v) is 8.74. The fraction of sp³-hybridized carbons (Fsp3) is 0.400. The van der Waals surface area contributed by atoms with Crippen molar-refractivity contribution in [3.05, 3.63) is 53.7 Å².